The molecule has 1 rings (SSSR count). The lowest BCUT2D eigenvalue weighted by molar-refractivity contribution is 0.0963. The Kier molecular flexibility index (Phi) is 3.71. The van der Waals surface area contributed by atoms with Crippen molar-refractivity contribution in [2.45, 2.75) is 0 Å². The van der Waals surface area contributed by atoms with Crippen molar-refractivity contribution in [3.63, 3.8) is 0 Å². The van der Waals surface area contributed by atoms with Crippen LogP contribution in [0.5, 0.6) is 0 Å². The molecule has 3 heteroatoms. The van der Waals surface area contributed by atoms with Gasteiger partial charge < -0.3 is 11.1 Å². The molecule has 1 aromatic carbocycles. The first-order chi connectivity index (χ1) is 6.79. The predicted molar refractivity (Wildman–Crippen MR) is 55.8 cm³/mol. The van der Waals surface area contributed by atoms with Crippen LogP contribution in [-0.2, 0) is 0 Å². The van der Waals surface area contributed by atoms with Crippen LogP contribution in [0.1, 0.15) is 15.9 Å². The summed E-state index contributed by atoms with van der Waals surface area (Å²) >= 11 is 0. The minimum Gasteiger partial charge on any atom is -0.355 e. The molecule has 0 bridgehead atoms. The van der Waals surface area contributed by atoms with Crippen molar-refractivity contribution in [1.82, 2.24) is 5.32 Å². The van der Waals surface area contributed by atoms with Crippen molar-refractivity contribution < 1.29 is 4.79 Å². The van der Waals surface area contributed by atoms with Gasteiger partial charge in [0.15, 0.2) is 0 Å². The third-order valence-electron chi connectivity index (χ3n) is 1.72. The summed E-state index contributed by atoms with van der Waals surface area (Å²) in [4.78, 5) is 11.4. The van der Waals surface area contributed by atoms with E-state index in [2.05, 4.69) is 17.2 Å². The molecule has 3 N–H and O–H groups in total. The standard InChI is InChI=1S/C11H12N2O/c1-13-11(14)10-7-3-2-5-9(10)6-4-8-12/h2-3,5,7H,8,12H2,1H3,(H,13,14). The summed E-state index contributed by atoms with van der Waals surface area (Å²) in [5, 5.41) is 2.56. The molecule has 0 saturated carbocycles. The number of carbonyl (C=O) groups is 1. The summed E-state index contributed by atoms with van der Waals surface area (Å²) < 4.78 is 0. The van der Waals surface area contributed by atoms with Crippen molar-refractivity contribution >= 4 is 5.91 Å². The number of amides is 1. The van der Waals surface area contributed by atoms with Gasteiger partial charge in [0.05, 0.1) is 12.1 Å². The van der Waals surface area contributed by atoms with E-state index in [0.29, 0.717) is 17.7 Å². The SMILES string of the molecule is CNC(=O)c1ccccc1C#CCN. The highest BCUT2D eigenvalue weighted by Gasteiger charge is 2.05. The lowest BCUT2D eigenvalue weighted by Crippen LogP contribution is -2.18. The zero-order valence-corrected chi connectivity index (χ0v) is 8.00. The maximum atomic E-state index is 11.4. The summed E-state index contributed by atoms with van der Waals surface area (Å²) in [5.41, 5.74) is 6.55. The molecule has 0 saturated heterocycles. The van der Waals surface area contributed by atoms with Crippen LogP contribution in [0.15, 0.2) is 24.3 Å². The highest BCUT2D eigenvalue weighted by Crippen LogP contribution is 2.06. The molecule has 0 atom stereocenters. The lowest BCUT2D eigenvalue weighted by Gasteiger charge is -2.01. The summed E-state index contributed by atoms with van der Waals surface area (Å²) in [6.07, 6.45) is 0. The van der Waals surface area contributed by atoms with Gasteiger partial charge in [0.2, 0.25) is 0 Å². The fraction of sp³-hybridized carbons (Fsp3) is 0.182. The zero-order valence-electron chi connectivity index (χ0n) is 8.00. The van der Waals surface area contributed by atoms with E-state index in [4.69, 9.17) is 5.73 Å². The van der Waals surface area contributed by atoms with Crippen LogP contribution in [0.3, 0.4) is 0 Å². The Labute approximate surface area is 83.3 Å². The van der Waals surface area contributed by atoms with Gasteiger partial charge in [0, 0.05) is 12.6 Å². The zero-order chi connectivity index (χ0) is 10.4. The van der Waals surface area contributed by atoms with Crippen molar-refractivity contribution in [3.05, 3.63) is 35.4 Å². The van der Waals surface area contributed by atoms with E-state index in [0.717, 1.165) is 0 Å². The van der Waals surface area contributed by atoms with E-state index >= 15 is 0 Å². The maximum absolute atomic E-state index is 11.4. The summed E-state index contributed by atoms with van der Waals surface area (Å²) in [6, 6.07) is 7.18. The van der Waals surface area contributed by atoms with Gasteiger partial charge in [-0.2, -0.15) is 0 Å². The quantitative estimate of drug-likeness (QED) is 0.625. The van der Waals surface area contributed by atoms with E-state index in [9.17, 15) is 4.79 Å². The van der Waals surface area contributed by atoms with Crippen LogP contribution in [-0.4, -0.2) is 19.5 Å². The number of benzene rings is 1. The molecule has 0 unspecified atom stereocenters. The summed E-state index contributed by atoms with van der Waals surface area (Å²) in [5.74, 6) is 5.44. The maximum Gasteiger partial charge on any atom is 0.252 e. The van der Waals surface area contributed by atoms with Crippen LogP contribution in [0.2, 0.25) is 0 Å². The molecule has 1 amide bonds. The molecule has 0 fully saturated rings. The predicted octanol–water partition coefficient (Wildman–Crippen LogP) is 0.356. The molecular formula is C11H12N2O. The largest absolute Gasteiger partial charge is 0.355 e. The van der Waals surface area contributed by atoms with Gasteiger partial charge in [-0.3, -0.25) is 4.79 Å². The molecular weight excluding hydrogens is 176 g/mol. The molecule has 3 nitrogen and oxygen atoms in total. The number of hydrogen-bond acceptors (Lipinski definition) is 2. The highest BCUT2D eigenvalue weighted by molar-refractivity contribution is 5.96. The van der Waals surface area contributed by atoms with Gasteiger partial charge >= 0.3 is 0 Å². The van der Waals surface area contributed by atoms with Crippen molar-refractivity contribution in [2.75, 3.05) is 13.6 Å². The minimum absolute atomic E-state index is 0.132. The number of hydrogen-bond donors (Lipinski definition) is 2. The average molecular weight is 188 g/mol. The van der Waals surface area contributed by atoms with Crippen LogP contribution in [0.4, 0.5) is 0 Å². The van der Waals surface area contributed by atoms with E-state index < -0.39 is 0 Å². The van der Waals surface area contributed by atoms with Crippen molar-refractivity contribution in [2.24, 2.45) is 5.73 Å². The number of nitrogens with two attached hydrogens (primary N) is 1. The molecule has 1 aromatic rings. The van der Waals surface area contributed by atoms with Gasteiger partial charge in [0.1, 0.15) is 0 Å². The molecule has 0 radical (unpaired) electrons. The van der Waals surface area contributed by atoms with E-state index in [-0.39, 0.29) is 5.91 Å². The second-order valence-corrected chi connectivity index (χ2v) is 2.63. The van der Waals surface area contributed by atoms with Crippen molar-refractivity contribution in [1.29, 1.82) is 0 Å². The van der Waals surface area contributed by atoms with Gasteiger partial charge in [-0.05, 0) is 12.1 Å². The van der Waals surface area contributed by atoms with Crippen LogP contribution < -0.4 is 11.1 Å². The lowest BCUT2D eigenvalue weighted by atomic mass is 10.1. The third kappa shape index (κ3) is 2.35. The Hall–Kier alpha value is -1.79. The van der Waals surface area contributed by atoms with E-state index in [1.807, 2.05) is 6.07 Å². The Morgan fingerprint density at radius 2 is 2.21 bits per heavy atom. The molecule has 0 aliphatic heterocycles. The first kappa shape index (κ1) is 10.3. The molecule has 72 valence electrons. The Balaban J connectivity index is 3.09. The van der Waals surface area contributed by atoms with Gasteiger partial charge in [-0.15, -0.1) is 0 Å². The molecule has 0 aromatic heterocycles. The monoisotopic (exact) mass is 188 g/mol. The van der Waals surface area contributed by atoms with Crippen LogP contribution in [0.25, 0.3) is 0 Å². The Bertz CT molecular complexity index is 388. The topological polar surface area (TPSA) is 55.1 Å². The van der Waals surface area contributed by atoms with Gasteiger partial charge in [-0.1, -0.05) is 24.0 Å². The molecule has 0 spiro atoms. The number of rotatable bonds is 1. The smallest absolute Gasteiger partial charge is 0.252 e. The van der Waals surface area contributed by atoms with E-state index in [1.54, 1.807) is 25.2 Å². The second kappa shape index (κ2) is 5.05. The first-order valence-electron chi connectivity index (χ1n) is 4.29. The molecule has 0 heterocycles. The molecule has 0 aliphatic carbocycles. The first-order valence-corrected chi connectivity index (χ1v) is 4.29. The summed E-state index contributed by atoms with van der Waals surface area (Å²) in [7, 11) is 1.59. The normalized spacial score (nSPS) is 8.71. The third-order valence-corrected chi connectivity index (χ3v) is 1.72. The number of nitrogens with one attached hydrogen (secondary N) is 1. The average Bonchev–Trinajstić information content (AvgIpc) is 2.25. The van der Waals surface area contributed by atoms with Gasteiger partial charge in [0.25, 0.3) is 5.91 Å². The van der Waals surface area contributed by atoms with Crippen LogP contribution in [0, 0.1) is 11.8 Å². The highest BCUT2D eigenvalue weighted by atomic mass is 16.1. The Morgan fingerprint density at radius 1 is 1.50 bits per heavy atom. The minimum atomic E-state index is -0.132. The summed E-state index contributed by atoms with van der Waals surface area (Å²) in [6.45, 7) is 0.294. The van der Waals surface area contributed by atoms with Crippen molar-refractivity contribution in [3.8, 4) is 11.8 Å². The van der Waals surface area contributed by atoms with E-state index in [1.165, 1.54) is 0 Å². The molecule has 0 aliphatic rings. The van der Waals surface area contributed by atoms with Gasteiger partial charge in [-0.25, -0.2) is 0 Å². The second-order valence-electron chi connectivity index (χ2n) is 2.63. The fourth-order valence-corrected chi connectivity index (χ4v) is 1.07. The van der Waals surface area contributed by atoms with Crippen LogP contribution >= 0.6 is 0 Å². The number of carbonyl (C=O) groups excluding carboxylic acids is 1. The molecule has 14 heavy (non-hydrogen) atoms. The fourth-order valence-electron chi connectivity index (χ4n) is 1.07. The Morgan fingerprint density at radius 3 is 2.86 bits per heavy atom.